The van der Waals surface area contributed by atoms with Crippen LogP contribution in [0.5, 0.6) is 0 Å². The molecule has 0 radical (unpaired) electrons. The van der Waals surface area contributed by atoms with Gasteiger partial charge in [-0.2, -0.15) is 0 Å². The molecule has 0 bridgehead atoms. The van der Waals surface area contributed by atoms with Gasteiger partial charge in [-0.05, 0) is 31.1 Å². The van der Waals surface area contributed by atoms with E-state index in [1.807, 2.05) is 0 Å². The van der Waals surface area contributed by atoms with E-state index in [-0.39, 0.29) is 11.7 Å². The number of carbonyl (C=O) groups is 1. The minimum atomic E-state index is -0.764. The van der Waals surface area contributed by atoms with Crippen molar-refractivity contribution in [3.63, 3.8) is 0 Å². The summed E-state index contributed by atoms with van der Waals surface area (Å²) < 4.78 is 5.37. The van der Waals surface area contributed by atoms with Gasteiger partial charge < -0.3 is 4.74 Å². The number of esters is 1. The number of ether oxygens (including phenoxy) is 1. The number of rotatable bonds is 4. The smallest absolute Gasteiger partial charge is 0.338 e. The van der Waals surface area contributed by atoms with E-state index in [2.05, 4.69) is 0 Å². The Morgan fingerprint density at radius 2 is 1.73 bits per heavy atom. The zero-order valence-corrected chi connectivity index (χ0v) is 11.6. The van der Waals surface area contributed by atoms with E-state index in [0.29, 0.717) is 11.8 Å². The molecule has 0 amide bonds. The number of fused-ring (bicyclic) bond motifs is 1. The molecular formula is C14H14N2O6. The van der Waals surface area contributed by atoms with Gasteiger partial charge in [0.05, 0.1) is 21.5 Å². The molecule has 116 valence electrons. The standard InChI is InChI=1S/C14H14N2O6/c17-14(22-13-6-8-2-1-3-12(8)13)9-4-10(15(18)19)7-11(5-9)16(20)21/h4-5,7-8,12-13H,1-3,6H2/t8-,12+,13-/m1/s1. The molecule has 0 unspecified atom stereocenters. The monoisotopic (exact) mass is 306 g/mol. The van der Waals surface area contributed by atoms with Crippen molar-refractivity contribution in [1.29, 1.82) is 0 Å². The Hall–Kier alpha value is -2.51. The molecule has 0 aliphatic heterocycles. The minimum absolute atomic E-state index is 0.151. The Morgan fingerprint density at radius 1 is 1.09 bits per heavy atom. The summed E-state index contributed by atoms with van der Waals surface area (Å²) in [5.74, 6) is 0.247. The van der Waals surface area contributed by atoms with Crippen LogP contribution in [0.4, 0.5) is 11.4 Å². The lowest BCUT2D eigenvalue weighted by atomic mass is 9.73. The summed E-state index contributed by atoms with van der Waals surface area (Å²) >= 11 is 0. The van der Waals surface area contributed by atoms with Crippen LogP contribution < -0.4 is 0 Å². The van der Waals surface area contributed by atoms with E-state index in [4.69, 9.17) is 4.74 Å². The Kier molecular flexibility index (Phi) is 3.51. The number of hydrogen-bond donors (Lipinski definition) is 0. The molecule has 3 atom stereocenters. The van der Waals surface area contributed by atoms with Crippen molar-refractivity contribution in [3.8, 4) is 0 Å². The molecule has 1 aromatic rings. The lowest BCUT2D eigenvalue weighted by molar-refractivity contribution is -0.394. The minimum Gasteiger partial charge on any atom is -0.458 e. The number of carbonyl (C=O) groups excluding carboxylic acids is 1. The Bertz CT molecular complexity index is 626. The van der Waals surface area contributed by atoms with Gasteiger partial charge in [0.15, 0.2) is 0 Å². The molecule has 3 rings (SSSR count). The summed E-state index contributed by atoms with van der Waals surface area (Å²) in [4.78, 5) is 32.2. The Labute approximate surface area is 125 Å². The first-order chi connectivity index (χ1) is 10.5. The topological polar surface area (TPSA) is 113 Å². The third-order valence-electron chi connectivity index (χ3n) is 4.55. The van der Waals surface area contributed by atoms with Crippen LogP contribution in [0.25, 0.3) is 0 Å². The molecule has 0 saturated heterocycles. The second-order valence-electron chi connectivity index (χ2n) is 5.79. The summed E-state index contributed by atoms with van der Waals surface area (Å²) in [6.45, 7) is 0. The van der Waals surface area contributed by atoms with Gasteiger partial charge in [0.1, 0.15) is 6.10 Å². The van der Waals surface area contributed by atoms with Crippen molar-refractivity contribution in [2.75, 3.05) is 0 Å². The highest BCUT2D eigenvalue weighted by Gasteiger charge is 2.46. The number of hydrogen-bond acceptors (Lipinski definition) is 6. The highest BCUT2D eigenvalue weighted by molar-refractivity contribution is 5.91. The fourth-order valence-corrected chi connectivity index (χ4v) is 3.39. The summed E-state index contributed by atoms with van der Waals surface area (Å²) in [7, 11) is 0. The lowest BCUT2D eigenvalue weighted by Gasteiger charge is -2.39. The predicted molar refractivity (Wildman–Crippen MR) is 74.4 cm³/mol. The maximum Gasteiger partial charge on any atom is 0.338 e. The molecule has 2 saturated carbocycles. The van der Waals surface area contributed by atoms with Crippen molar-refractivity contribution in [2.45, 2.75) is 31.8 Å². The average molecular weight is 306 g/mol. The van der Waals surface area contributed by atoms with Gasteiger partial charge in [0, 0.05) is 12.1 Å². The first-order valence-corrected chi connectivity index (χ1v) is 7.10. The second kappa shape index (κ2) is 5.36. The van der Waals surface area contributed by atoms with E-state index in [0.717, 1.165) is 43.9 Å². The van der Waals surface area contributed by atoms with Gasteiger partial charge in [0.2, 0.25) is 0 Å². The summed E-state index contributed by atoms with van der Waals surface area (Å²) in [6.07, 6.45) is 3.95. The number of nitro groups is 2. The van der Waals surface area contributed by atoms with E-state index < -0.39 is 27.2 Å². The van der Waals surface area contributed by atoms with Crippen molar-refractivity contribution < 1.29 is 19.4 Å². The SMILES string of the molecule is O=C(O[C@@H]1C[C@H]2CCC[C@@H]21)c1cc([N+](=O)[O-])cc([N+](=O)[O-])c1. The quantitative estimate of drug-likeness (QED) is 0.480. The van der Waals surface area contributed by atoms with Crippen LogP contribution in [0.1, 0.15) is 36.0 Å². The summed E-state index contributed by atoms with van der Waals surface area (Å²) in [5.41, 5.74) is -1.13. The van der Waals surface area contributed by atoms with Crippen molar-refractivity contribution in [3.05, 3.63) is 44.0 Å². The van der Waals surface area contributed by atoms with Crippen LogP contribution in [0.3, 0.4) is 0 Å². The third kappa shape index (κ3) is 2.51. The van der Waals surface area contributed by atoms with Crippen molar-refractivity contribution in [1.82, 2.24) is 0 Å². The average Bonchev–Trinajstić information content (AvgIpc) is 2.85. The molecule has 8 nitrogen and oxygen atoms in total. The van der Waals surface area contributed by atoms with Gasteiger partial charge in [-0.25, -0.2) is 4.79 Å². The molecule has 2 aliphatic carbocycles. The molecule has 8 heteroatoms. The normalized spacial score (nSPS) is 25.9. The zero-order valence-electron chi connectivity index (χ0n) is 11.6. The molecule has 0 spiro atoms. The van der Waals surface area contributed by atoms with E-state index in [1.165, 1.54) is 0 Å². The molecule has 0 N–H and O–H groups in total. The lowest BCUT2D eigenvalue weighted by Crippen LogP contribution is -2.41. The van der Waals surface area contributed by atoms with E-state index >= 15 is 0 Å². The highest BCUT2D eigenvalue weighted by atomic mass is 16.6. The molecule has 2 aliphatic rings. The third-order valence-corrected chi connectivity index (χ3v) is 4.55. The summed E-state index contributed by atoms with van der Waals surface area (Å²) in [6, 6.07) is 2.85. The molecule has 22 heavy (non-hydrogen) atoms. The zero-order chi connectivity index (χ0) is 15.9. The van der Waals surface area contributed by atoms with Crippen LogP contribution in [0, 0.1) is 32.1 Å². The molecule has 0 heterocycles. The van der Waals surface area contributed by atoms with Crippen molar-refractivity contribution in [2.24, 2.45) is 11.8 Å². The number of benzene rings is 1. The maximum absolute atomic E-state index is 12.1. The molecule has 1 aromatic carbocycles. The van der Waals surface area contributed by atoms with Crippen molar-refractivity contribution >= 4 is 17.3 Å². The molecule has 2 fully saturated rings. The van der Waals surface area contributed by atoms with Gasteiger partial charge >= 0.3 is 5.97 Å². The first kappa shape index (κ1) is 14.4. The fraction of sp³-hybridized carbons (Fsp3) is 0.500. The second-order valence-corrected chi connectivity index (χ2v) is 5.79. The number of nitrogens with zero attached hydrogens (tertiary/aromatic N) is 2. The predicted octanol–water partition coefficient (Wildman–Crippen LogP) is 2.85. The van der Waals surface area contributed by atoms with Gasteiger partial charge in [-0.3, -0.25) is 20.2 Å². The summed E-state index contributed by atoms with van der Waals surface area (Å²) in [5, 5.41) is 21.6. The van der Waals surface area contributed by atoms with Crippen LogP contribution in [0.2, 0.25) is 0 Å². The first-order valence-electron chi connectivity index (χ1n) is 7.10. The van der Waals surface area contributed by atoms with E-state index in [1.54, 1.807) is 0 Å². The van der Waals surface area contributed by atoms with Gasteiger partial charge in [-0.1, -0.05) is 6.42 Å². The van der Waals surface area contributed by atoms with Crippen LogP contribution in [0.15, 0.2) is 18.2 Å². The van der Waals surface area contributed by atoms with Crippen LogP contribution in [-0.2, 0) is 4.74 Å². The highest BCUT2D eigenvalue weighted by Crippen LogP contribution is 2.48. The maximum atomic E-state index is 12.1. The Balaban J connectivity index is 1.79. The Morgan fingerprint density at radius 3 is 2.27 bits per heavy atom. The van der Waals surface area contributed by atoms with E-state index in [9.17, 15) is 25.0 Å². The molecule has 0 aromatic heterocycles. The van der Waals surface area contributed by atoms with Gasteiger partial charge in [-0.15, -0.1) is 0 Å². The van der Waals surface area contributed by atoms with Crippen LogP contribution in [-0.4, -0.2) is 21.9 Å². The van der Waals surface area contributed by atoms with Gasteiger partial charge in [0.25, 0.3) is 11.4 Å². The number of nitro benzene ring substituents is 2. The number of non-ortho nitro benzene ring substituents is 2. The largest absolute Gasteiger partial charge is 0.458 e. The molecular weight excluding hydrogens is 292 g/mol. The van der Waals surface area contributed by atoms with Crippen LogP contribution >= 0.6 is 0 Å². The fourth-order valence-electron chi connectivity index (χ4n) is 3.39.